The van der Waals surface area contributed by atoms with Crippen LogP contribution in [0.4, 0.5) is 10.1 Å². The molecule has 0 aliphatic carbocycles. The van der Waals surface area contributed by atoms with E-state index >= 15 is 0 Å². The van der Waals surface area contributed by atoms with Crippen LogP contribution in [0.3, 0.4) is 0 Å². The predicted molar refractivity (Wildman–Crippen MR) is 103 cm³/mol. The molecule has 1 N–H and O–H groups in total. The molecule has 2 aromatic carbocycles. The summed E-state index contributed by atoms with van der Waals surface area (Å²) in [5.74, 6) is -1.34. The fraction of sp³-hybridized carbons (Fsp3) is 0.278. The maximum Gasteiger partial charge on any atom is 0.243 e. The topological polar surface area (TPSA) is 66.5 Å². The fourth-order valence-electron chi connectivity index (χ4n) is 2.94. The van der Waals surface area contributed by atoms with Crippen molar-refractivity contribution in [2.24, 2.45) is 5.92 Å². The molecule has 1 amide bonds. The van der Waals surface area contributed by atoms with Crippen molar-refractivity contribution in [2.45, 2.75) is 17.7 Å². The van der Waals surface area contributed by atoms with Crippen LogP contribution in [0.2, 0.25) is 10.0 Å². The van der Waals surface area contributed by atoms with Crippen LogP contribution in [0.25, 0.3) is 0 Å². The van der Waals surface area contributed by atoms with E-state index in [2.05, 4.69) is 5.32 Å². The first-order chi connectivity index (χ1) is 12.8. The molecule has 1 aliphatic heterocycles. The lowest BCUT2D eigenvalue weighted by atomic mass is 9.97. The molecule has 9 heteroatoms. The fourth-order valence-corrected chi connectivity index (χ4v) is 4.69. The summed E-state index contributed by atoms with van der Waals surface area (Å²) in [6.07, 6.45) is 0.710. The zero-order valence-electron chi connectivity index (χ0n) is 14.2. The number of hydrogen-bond acceptors (Lipinski definition) is 3. The number of carbonyl (C=O) groups excluding carboxylic acids is 1. The van der Waals surface area contributed by atoms with Gasteiger partial charge in [0.15, 0.2) is 0 Å². The smallest absolute Gasteiger partial charge is 0.243 e. The van der Waals surface area contributed by atoms with Gasteiger partial charge in [-0.05, 0) is 55.3 Å². The number of amides is 1. The Morgan fingerprint density at radius 2 is 1.63 bits per heavy atom. The van der Waals surface area contributed by atoms with E-state index < -0.39 is 21.8 Å². The summed E-state index contributed by atoms with van der Waals surface area (Å²) in [5.41, 5.74) is 0.0561. The SMILES string of the molecule is O=C(Nc1ccc(Cl)cc1F)C1CCN(S(=O)(=O)c2ccc(Cl)cc2)CC1. The van der Waals surface area contributed by atoms with Gasteiger partial charge in [-0.1, -0.05) is 23.2 Å². The number of halogens is 3. The van der Waals surface area contributed by atoms with Gasteiger partial charge in [0.1, 0.15) is 5.82 Å². The van der Waals surface area contributed by atoms with E-state index in [0.717, 1.165) is 6.07 Å². The number of carbonyl (C=O) groups is 1. The maximum atomic E-state index is 13.8. The van der Waals surface area contributed by atoms with Crippen molar-refractivity contribution in [3.63, 3.8) is 0 Å². The average molecular weight is 431 g/mol. The van der Waals surface area contributed by atoms with Crippen LogP contribution in [0.15, 0.2) is 47.4 Å². The molecule has 2 aromatic rings. The average Bonchev–Trinajstić information content (AvgIpc) is 2.64. The second-order valence-electron chi connectivity index (χ2n) is 6.25. The first-order valence-corrected chi connectivity index (χ1v) is 10.5. The second kappa shape index (κ2) is 8.14. The molecule has 5 nitrogen and oxygen atoms in total. The van der Waals surface area contributed by atoms with Crippen LogP contribution in [0.5, 0.6) is 0 Å². The van der Waals surface area contributed by atoms with Crippen molar-refractivity contribution in [2.75, 3.05) is 18.4 Å². The highest BCUT2D eigenvalue weighted by Crippen LogP contribution is 2.26. The minimum atomic E-state index is -3.63. The number of hydrogen-bond donors (Lipinski definition) is 1. The molecule has 0 saturated carbocycles. The summed E-state index contributed by atoms with van der Waals surface area (Å²) in [7, 11) is -3.63. The van der Waals surface area contributed by atoms with Crippen LogP contribution in [-0.4, -0.2) is 31.7 Å². The Morgan fingerprint density at radius 1 is 1.04 bits per heavy atom. The van der Waals surface area contributed by atoms with Gasteiger partial charge >= 0.3 is 0 Å². The van der Waals surface area contributed by atoms with Gasteiger partial charge in [-0.15, -0.1) is 0 Å². The summed E-state index contributed by atoms with van der Waals surface area (Å²) in [6, 6.07) is 9.97. The number of benzene rings is 2. The normalized spacial score (nSPS) is 16.3. The summed E-state index contributed by atoms with van der Waals surface area (Å²) < 4.78 is 40.5. The van der Waals surface area contributed by atoms with Crippen LogP contribution in [-0.2, 0) is 14.8 Å². The van der Waals surface area contributed by atoms with E-state index in [-0.39, 0.29) is 34.6 Å². The van der Waals surface area contributed by atoms with Gasteiger partial charge in [0, 0.05) is 29.1 Å². The maximum absolute atomic E-state index is 13.8. The first-order valence-electron chi connectivity index (χ1n) is 8.29. The minimum absolute atomic E-state index is 0.0561. The van der Waals surface area contributed by atoms with Crippen molar-refractivity contribution in [3.05, 3.63) is 58.3 Å². The zero-order chi connectivity index (χ0) is 19.6. The van der Waals surface area contributed by atoms with Gasteiger partial charge in [-0.25, -0.2) is 12.8 Å². The molecule has 0 unspecified atom stereocenters. The zero-order valence-corrected chi connectivity index (χ0v) is 16.5. The Balaban J connectivity index is 1.62. The molecule has 1 heterocycles. The molecular weight excluding hydrogens is 414 g/mol. The standard InChI is InChI=1S/C18H17Cl2FN2O3S/c19-13-1-4-15(5-2-13)27(25,26)23-9-7-12(8-10-23)18(24)22-17-6-3-14(20)11-16(17)21/h1-6,11-12H,7-10H2,(H,22,24). The molecule has 3 rings (SSSR count). The lowest BCUT2D eigenvalue weighted by molar-refractivity contribution is -0.120. The summed E-state index contributed by atoms with van der Waals surface area (Å²) >= 11 is 11.5. The number of nitrogens with zero attached hydrogens (tertiary/aromatic N) is 1. The molecule has 1 fully saturated rings. The molecule has 0 atom stereocenters. The highest BCUT2D eigenvalue weighted by Gasteiger charge is 2.32. The monoisotopic (exact) mass is 430 g/mol. The second-order valence-corrected chi connectivity index (χ2v) is 9.06. The Hall–Kier alpha value is -1.67. The third-order valence-electron chi connectivity index (χ3n) is 4.47. The molecule has 27 heavy (non-hydrogen) atoms. The molecular formula is C18H17Cl2FN2O3S. The predicted octanol–water partition coefficient (Wildman–Crippen LogP) is 4.17. The minimum Gasteiger partial charge on any atom is -0.323 e. The van der Waals surface area contributed by atoms with Gasteiger partial charge in [-0.3, -0.25) is 4.79 Å². The van der Waals surface area contributed by atoms with E-state index in [9.17, 15) is 17.6 Å². The van der Waals surface area contributed by atoms with Crippen LogP contribution < -0.4 is 5.32 Å². The molecule has 144 valence electrons. The van der Waals surface area contributed by atoms with Gasteiger partial charge < -0.3 is 5.32 Å². The van der Waals surface area contributed by atoms with E-state index in [4.69, 9.17) is 23.2 Å². The van der Waals surface area contributed by atoms with Crippen molar-refractivity contribution in [1.82, 2.24) is 4.31 Å². The summed E-state index contributed by atoms with van der Waals surface area (Å²) in [5, 5.41) is 3.24. The first kappa shape index (κ1) is 20.1. The third kappa shape index (κ3) is 4.60. The van der Waals surface area contributed by atoms with Gasteiger partial charge in [0.05, 0.1) is 10.6 Å². The van der Waals surface area contributed by atoms with Crippen molar-refractivity contribution in [1.29, 1.82) is 0 Å². The Morgan fingerprint density at radius 3 is 2.22 bits per heavy atom. The van der Waals surface area contributed by atoms with E-state index in [1.807, 2.05) is 0 Å². The molecule has 0 radical (unpaired) electrons. The number of rotatable bonds is 4. The Bertz CT molecular complexity index is 944. The highest BCUT2D eigenvalue weighted by atomic mass is 35.5. The quantitative estimate of drug-likeness (QED) is 0.790. The largest absolute Gasteiger partial charge is 0.323 e. The third-order valence-corrected chi connectivity index (χ3v) is 6.87. The lowest BCUT2D eigenvalue weighted by Gasteiger charge is -2.30. The van der Waals surface area contributed by atoms with Crippen molar-refractivity contribution in [3.8, 4) is 0 Å². The Labute approximate surface area is 167 Å². The molecule has 0 bridgehead atoms. The number of nitrogens with one attached hydrogen (secondary N) is 1. The molecule has 1 aliphatic rings. The summed E-state index contributed by atoms with van der Waals surface area (Å²) in [4.78, 5) is 12.5. The number of piperidine rings is 1. The van der Waals surface area contributed by atoms with E-state index in [0.29, 0.717) is 17.9 Å². The van der Waals surface area contributed by atoms with E-state index in [1.54, 1.807) is 0 Å². The van der Waals surface area contributed by atoms with Gasteiger partial charge in [0.25, 0.3) is 0 Å². The Kier molecular flexibility index (Phi) is 6.05. The van der Waals surface area contributed by atoms with Crippen LogP contribution in [0, 0.1) is 11.7 Å². The van der Waals surface area contributed by atoms with Crippen molar-refractivity contribution < 1.29 is 17.6 Å². The van der Waals surface area contributed by atoms with Gasteiger partial charge in [-0.2, -0.15) is 4.31 Å². The molecule has 1 saturated heterocycles. The lowest BCUT2D eigenvalue weighted by Crippen LogP contribution is -2.41. The summed E-state index contributed by atoms with van der Waals surface area (Å²) in [6.45, 7) is 0.429. The van der Waals surface area contributed by atoms with Crippen molar-refractivity contribution >= 4 is 44.8 Å². The number of anilines is 1. The molecule has 0 spiro atoms. The van der Waals surface area contributed by atoms with E-state index in [1.165, 1.54) is 40.7 Å². The van der Waals surface area contributed by atoms with Crippen LogP contribution >= 0.6 is 23.2 Å². The highest BCUT2D eigenvalue weighted by molar-refractivity contribution is 7.89. The number of sulfonamides is 1. The van der Waals surface area contributed by atoms with Crippen LogP contribution in [0.1, 0.15) is 12.8 Å². The molecule has 0 aromatic heterocycles. The van der Waals surface area contributed by atoms with Gasteiger partial charge in [0.2, 0.25) is 15.9 Å².